The van der Waals surface area contributed by atoms with Crippen LogP contribution < -0.4 is 4.90 Å². The van der Waals surface area contributed by atoms with Crippen molar-refractivity contribution in [2.45, 2.75) is 38.9 Å². The Morgan fingerprint density at radius 2 is 1.89 bits per heavy atom. The lowest BCUT2D eigenvalue weighted by Gasteiger charge is -2.40. The van der Waals surface area contributed by atoms with Crippen molar-refractivity contribution in [3.63, 3.8) is 0 Å². The van der Waals surface area contributed by atoms with Crippen molar-refractivity contribution < 1.29 is 0 Å². The lowest BCUT2D eigenvalue weighted by atomic mass is 9.75. The maximum absolute atomic E-state index is 6.08. The van der Waals surface area contributed by atoms with Gasteiger partial charge in [-0.05, 0) is 47.9 Å². The van der Waals surface area contributed by atoms with Crippen LogP contribution in [0.2, 0.25) is 5.02 Å². The Morgan fingerprint density at radius 3 is 2.42 bits per heavy atom. The summed E-state index contributed by atoms with van der Waals surface area (Å²) < 4.78 is 0. The Labute approximate surface area is 130 Å². The van der Waals surface area contributed by atoms with E-state index >= 15 is 0 Å². The molecule has 1 aliphatic heterocycles. The highest BCUT2D eigenvalue weighted by atomic mass is 79.9. The molecule has 0 N–H and O–H groups in total. The number of anilines is 1. The van der Waals surface area contributed by atoms with E-state index in [1.54, 1.807) is 0 Å². The summed E-state index contributed by atoms with van der Waals surface area (Å²) in [6, 6.07) is 6.23. The molecule has 0 amide bonds. The topological polar surface area (TPSA) is 3.24 Å². The van der Waals surface area contributed by atoms with Gasteiger partial charge in [-0.2, -0.15) is 0 Å². The summed E-state index contributed by atoms with van der Waals surface area (Å²) in [7, 11) is 0. The molecule has 0 aliphatic carbocycles. The number of rotatable bonds is 2. The molecule has 1 heterocycles. The van der Waals surface area contributed by atoms with Crippen molar-refractivity contribution >= 4 is 33.2 Å². The molecule has 0 bridgehead atoms. The number of piperidine rings is 1. The van der Waals surface area contributed by atoms with Gasteiger partial charge in [-0.15, -0.1) is 0 Å². The summed E-state index contributed by atoms with van der Waals surface area (Å²) in [6.07, 6.45) is 2.57. The monoisotopic (exact) mass is 343 g/mol. The highest BCUT2D eigenvalue weighted by Crippen LogP contribution is 2.36. The molecule has 0 aromatic heterocycles. The van der Waals surface area contributed by atoms with Crippen LogP contribution in [0.25, 0.3) is 0 Å². The van der Waals surface area contributed by atoms with E-state index in [4.69, 9.17) is 11.6 Å². The van der Waals surface area contributed by atoms with E-state index in [1.165, 1.54) is 24.1 Å². The third kappa shape index (κ3) is 3.66. The molecule has 1 saturated heterocycles. The molecule has 0 unspecified atom stereocenters. The van der Waals surface area contributed by atoms with E-state index in [2.05, 4.69) is 53.7 Å². The van der Waals surface area contributed by atoms with Crippen LogP contribution in [0.4, 0.5) is 5.69 Å². The van der Waals surface area contributed by atoms with Gasteiger partial charge in [0.2, 0.25) is 0 Å². The Balaban J connectivity index is 2.10. The fraction of sp³-hybridized carbons (Fsp3) is 0.625. The number of alkyl halides is 1. The van der Waals surface area contributed by atoms with Crippen LogP contribution >= 0.6 is 27.5 Å². The maximum Gasteiger partial charge on any atom is 0.0410 e. The first-order chi connectivity index (χ1) is 8.91. The smallest absolute Gasteiger partial charge is 0.0410 e. The number of benzene rings is 1. The van der Waals surface area contributed by atoms with E-state index in [9.17, 15) is 0 Å². The average molecular weight is 345 g/mol. The molecule has 19 heavy (non-hydrogen) atoms. The molecule has 0 radical (unpaired) electrons. The van der Waals surface area contributed by atoms with Crippen molar-refractivity contribution in [1.82, 2.24) is 0 Å². The third-order valence-corrected chi connectivity index (χ3v) is 5.09. The summed E-state index contributed by atoms with van der Waals surface area (Å²) in [5, 5.41) is 1.69. The van der Waals surface area contributed by atoms with E-state index in [-0.39, 0.29) is 0 Å². The maximum atomic E-state index is 6.08. The van der Waals surface area contributed by atoms with E-state index in [1.807, 2.05) is 6.07 Å². The van der Waals surface area contributed by atoms with Gasteiger partial charge >= 0.3 is 0 Å². The Kier molecular flexibility index (Phi) is 4.84. The molecule has 1 aromatic rings. The fourth-order valence-electron chi connectivity index (χ4n) is 2.96. The molecular weight excluding hydrogens is 322 g/mol. The minimum atomic E-state index is 0.435. The van der Waals surface area contributed by atoms with Gasteiger partial charge in [0.15, 0.2) is 0 Å². The van der Waals surface area contributed by atoms with Crippen LogP contribution in [0.3, 0.4) is 0 Å². The first-order valence-electron chi connectivity index (χ1n) is 7.01. The standard InChI is InChI=1S/C16H23BrClN/c1-16(2,3)13-6-8-19(9-7-13)15-5-4-14(18)10-12(15)11-17/h4-5,10,13H,6-9,11H2,1-3H3. The first kappa shape index (κ1) is 15.2. The number of nitrogens with zero attached hydrogens (tertiary/aromatic N) is 1. The van der Waals surface area contributed by atoms with Crippen molar-refractivity contribution in [2.24, 2.45) is 11.3 Å². The van der Waals surface area contributed by atoms with Gasteiger partial charge in [-0.3, -0.25) is 0 Å². The Hall–Kier alpha value is -0.210. The first-order valence-corrected chi connectivity index (χ1v) is 8.51. The summed E-state index contributed by atoms with van der Waals surface area (Å²) in [6.45, 7) is 9.39. The molecule has 1 fully saturated rings. The Morgan fingerprint density at radius 1 is 1.26 bits per heavy atom. The second-order valence-electron chi connectivity index (χ2n) is 6.53. The van der Waals surface area contributed by atoms with Crippen molar-refractivity contribution in [3.8, 4) is 0 Å². The summed E-state index contributed by atoms with van der Waals surface area (Å²) >= 11 is 9.65. The second-order valence-corrected chi connectivity index (χ2v) is 7.53. The van der Waals surface area contributed by atoms with Crippen LogP contribution in [0.15, 0.2) is 18.2 Å². The van der Waals surface area contributed by atoms with Crippen molar-refractivity contribution in [2.75, 3.05) is 18.0 Å². The normalized spacial score (nSPS) is 17.8. The number of hydrogen-bond acceptors (Lipinski definition) is 1. The zero-order chi connectivity index (χ0) is 14.0. The highest BCUT2D eigenvalue weighted by molar-refractivity contribution is 9.08. The summed E-state index contributed by atoms with van der Waals surface area (Å²) in [4.78, 5) is 2.51. The van der Waals surface area contributed by atoms with E-state index < -0.39 is 0 Å². The zero-order valence-electron chi connectivity index (χ0n) is 12.0. The van der Waals surface area contributed by atoms with Gasteiger partial charge in [0.25, 0.3) is 0 Å². The molecule has 0 saturated carbocycles. The minimum Gasteiger partial charge on any atom is -0.371 e. The Bertz CT molecular complexity index is 431. The zero-order valence-corrected chi connectivity index (χ0v) is 14.4. The molecule has 1 nitrogen and oxygen atoms in total. The number of hydrogen-bond donors (Lipinski definition) is 0. The molecule has 2 rings (SSSR count). The van der Waals surface area contributed by atoms with Crippen LogP contribution in [0.1, 0.15) is 39.2 Å². The molecule has 0 atom stereocenters. The minimum absolute atomic E-state index is 0.435. The molecule has 106 valence electrons. The van der Waals surface area contributed by atoms with Crippen LogP contribution in [-0.4, -0.2) is 13.1 Å². The largest absolute Gasteiger partial charge is 0.371 e. The fourth-order valence-corrected chi connectivity index (χ4v) is 3.60. The number of halogens is 2. The second kappa shape index (κ2) is 6.05. The van der Waals surface area contributed by atoms with Gasteiger partial charge in [0.05, 0.1) is 0 Å². The molecule has 0 spiro atoms. The lowest BCUT2D eigenvalue weighted by Crippen LogP contribution is -2.38. The highest BCUT2D eigenvalue weighted by Gasteiger charge is 2.29. The molecular formula is C16H23BrClN. The predicted molar refractivity (Wildman–Crippen MR) is 88.5 cm³/mol. The van der Waals surface area contributed by atoms with E-state index in [0.717, 1.165) is 29.4 Å². The molecule has 1 aliphatic rings. The quantitative estimate of drug-likeness (QED) is 0.640. The SMILES string of the molecule is CC(C)(C)C1CCN(c2ccc(Cl)cc2CBr)CC1. The van der Waals surface area contributed by atoms with Gasteiger partial charge in [0.1, 0.15) is 0 Å². The van der Waals surface area contributed by atoms with Crippen molar-refractivity contribution in [3.05, 3.63) is 28.8 Å². The average Bonchev–Trinajstić information content (AvgIpc) is 2.37. The van der Waals surface area contributed by atoms with E-state index in [0.29, 0.717) is 5.41 Å². The molecule has 3 heteroatoms. The van der Waals surface area contributed by atoms with Crippen LogP contribution in [0, 0.1) is 11.3 Å². The third-order valence-electron chi connectivity index (χ3n) is 4.25. The summed E-state index contributed by atoms with van der Waals surface area (Å²) in [5.41, 5.74) is 3.07. The van der Waals surface area contributed by atoms with Gasteiger partial charge < -0.3 is 4.90 Å². The predicted octanol–water partition coefficient (Wildman–Crippen LogP) is 5.50. The van der Waals surface area contributed by atoms with Gasteiger partial charge in [-0.1, -0.05) is 48.3 Å². The van der Waals surface area contributed by atoms with Crippen molar-refractivity contribution in [1.29, 1.82) is 0 Å². The summed E-state index contributed by atoms with van der Waals surface area (Å²) in [5.74, 6) is 0.837. The molecule has 1 aromatic carbocycles. The van der Waals surface area contributed by atoms with Gasteiger partial charge in [-0.25, -0.2) is 0 Å². The van der Waals surface area contributed by atoms with Crippen LogP contribution in [0.5, 0.6) is 0 Å². The lowest BCUT2D eigenvalue weighted by molar-refractivity contribution is 0.199. The van der Waals surface area contributed by atoms with Crippen LogP contribution in [-0.2, 0) is 5.33 Å². The van der Waals surface area contributed by atoms with Gasteiger partial charge in [0, 0.05) is 29.1 Å².